The number of amides is 3. The molecule has 0 unspecified atom stereocenters. The third-order valence-electron chi connectivity index (χ3n) is 4.45. The van der Waals surface area contributed by atoms with Crippen LogP contribution in [-0.2, 0) is 11.3 Å². The molecule has 1 fully saturated rings. The highest BCUT2D eigenvalue weighted by molar-refractivity contribution is 6.30. The van der Waals surface area contributed by atoms with Crippen molar-refractivity contribution in [1.82, 2.24) is 16.0 Å². The van der Waals surface area contributed by atoms with Gasteiger partial charge in [-0.15, -0.1) is 0 Å². The molecular formula is C19H28ClN3O2. The van der Waals surface area contributed by atoms with Crippen molar-refractivity contribution in [1.29, 1.82) is 0 Å². The predicted molar refractivity (Wildman–Crippen MR) is 101 cm³/mol. The van der Waals surface area contributed by atoms with E-state index in [1.807, 2.05) is 12.1 Å². The van der Waals surface area contributed by atoms with Gasteiger partial charge >= 0.3 is 6.03 Å². The Bertz CT molecular complexity index is 542. The summed E-state index contributed by atoms with van der Waals surface area (Å²) >= 11 is 5.82. The zero-order valence-corrected chi connectivity index (χ0v) is 15.4. The zero-order valence-electron chi connectivity index (χ0n) is 14.7. The average Bonchev–Trinajstić information content (AvgIpc) is 3.10. The SMILES string of the molecule is O=C(CCCCCNC(=O)NCc1ccc(Cl)cc1)NC1CCCC1. The van der Waals surface area contributed by atoms with Gasteiger partial charge in [0.2, 0.25) is 5.91 Å². The molecule has 0 atom stereocenters. The minimum Gasteiger partial charge on any atom is -0.353 e. The first-order chi connectivity index (χ1) is 12.1. The summed E-state index contributed by atoms with van der Waals surface area (Å²) in [6.07, 6.45) is 7.99. The third kappa shape index (κ3) is 8.25. The maximum absolute atomic E-state index is 11.8. The van der Waals surface area contributed by atoms with Crippen molar-refractivity contribution in [2.75, 3.05) is 6.54 Å². The number of halogens is 1. The fourth-order valence-electron chi connectivity index (χ4n) is 3.01. The first-order valence-corrected chi connectivity index (χ1v) is 9.57. The van der Waals surface area contributed by atoms with E-state index in [4.69, 9.17) is 11.6 Å². The normalized spacial score (nSPS) is 14.3. The van der Waals surface area contributed by atoms with E-state index in [2.05, 4.69) is 16.0 Å². The van der Waals surface area contributed by atoms with Crippen LogP contribution in [0.15, 0.2) is 24.3 Å². The molecular weight excluding hydrogens is 338 g/mol. The smallest absolute Gasteiger partial charge is 0.315 e. The number of unbranched alkanes of at least 4 members (excludes halogenated alkanes) is 2. The van der Waals surface area contributed by atoms with Gasteiger partial charge in [-0.1, -0.05) is 43.0 Å². The van der Waals surface area contributed by atoms with Gasteiger partial charge in [-0.3, -0.25) is 4.79 Å². The zero-order chi connectivity index (χ0) is 17.9. The van der Waals surface area contributed by atoms with Gasteiger partial charge in [0, 0.05) is 30.6 Å². The van der Waals surface area contributed by atoms with Crippen LogP contribution in [0.3, 0.4) is 0 Å². The van der Waals surface area contributed by atoms with Crippen molar-refractivity contribution in [3.63, 3.8) is 0 Å². The molecule has 0 radical (unpaired) electrons. The second-order valence-corrected chi connectivity index (χ2v) is 7.03. The highest BCUT2D eigenvalue weighted by atomic mass is 35.5. The van der Waals surface area contributed by atoms with E-state index in [0.717, 1.165) is 37.7 Å². The lowest BCUT2D eigenvalue weighted by Gasteiger charge is -2.11. The highest BCUT2D eigenvalue weighted by Crippen LogP contribution is 2.17. The first-order valence-electron chi connectivity index (χ1n) is 9.19. The van der Waals surface area contributed by atoms with Gasteiger partial charge in [-0.2, -0.15) is 0 Å². The lowest BCUT2D eigenvalue weighted by Crippen LogP contribution is -2.35. The maximum atomic E-state index is 11.8. The quantitative estimate of drug-likeness (QED) is 0.583. The average molecular weight is 366 g/mol. The minimum atomic E-state index is -0.172. The predicted octanol–water partition coefficient (Wildman–Crippen LogP) is 3.76. The Hall–Kier alpha value is -1.75. The number of nitrogens with one attached hydrogen (secondary N) is 3. The summed E-state index contributed by atoms with van der Waals surface area (Å²) in [5.74, 6) is 0.167. The fourth-order valence-corrected chi connectivity index (χ4v) is 3.13. The summed E-state index contributed by atoms with van der Waals surface area (Å²) < 4.78 is 0. The number of benzene rings is 1. The number of hydrogen-bond donors (Lipinski definition) is 3. The van der Waals surface area contributed by atoms with Gasteiger partial charge in [-0.25, -0.2) is 4.79 Å². The molecule has 3 N–H and O–H groups in total. The fraction of sp³-hybridized carbons (Fsp3) is 0.579. The minimum absolute atomic E-state index is 0.167. The van der Waals surface area contributed by atoms with Crippen molar-refractivity contribution in [2.45, 2.75) is 64.0 Å². The summed E-state index contributed by atoms with van der Waals surface area (Å²) in [5, 5.41) is 9.43. The molecule has 0 aromatic heterocycles. The Balaban J connectivity index is 1.44. The summed E-state index contributed by atoms with van der Waals surface area (Å²) in [6, 6.07) is 7.62. The second-order valence-electron chi connectivity index (χ2n) is 6.60. The van der Waals surface area contributed by atoms with E-state index in [9.17, 15) is 9.59 Å². The summed E-state index contributed by atoms with van der Waals surface area (Å²) in [7, 11) is 0. The van der Waals surface area contributed by atoms with Gasteiger partial charge in [0.25, 0.3) is 0 Å². The monoisotopic (exact) mass is 365 g/mol. The largest absolute Gasteiger partial charge is 0.353 e. The molecule has 1 saturated carbocycles. The number of hydrogen-bond acceptors (Lipinski definition) is 2. The standard InChI is InChI=1S/C19H28ClN3O2/c20-16-11-9-15(10-12-16)14-22-19(25)21-13-5-1-2-8-18(24)23-17-6-3-4-7-17/h9-12,17H,1-8,13-14H2,(H,23,24)(H2,21,22,25). The van der Waals surface area contributed by atoms with Gasteiger partial charge in [0.15, 0.2) is 0 Å². The maximum Gasteiger partial charge on any atom is 0.315 e. The van der Waals surface area contributed by atoms with Gasteiger partial charge in [-0.05, 0) is 43.4 Å². The molecule has 0 bridgehead atoms. The molecule has 5 nitrogen and oxygen atoms in total. The molecule has 3 amide bonds. The van der Waals surface area contributed by atoms with E-state index < -0.39 is 0 Å². The van der Waals surface area contributed by atoms with Crippen molar-refractivity contribution >= 4 is 23.5 Å². The van der Waals surface area contributed by atoms with E-state index in [1.165, 1.54) is 12.8 Å². The van der Waals surface area contributed by atoms with E-state index in [-0.39, 0.29) is 11.9 Å². The van der Waals surface area contributed by atoms with Crippen LogP contribution < -0.4 is 16.0 Å². The Morgan fingerprint density at radius 1 is 1.00 bits per heavy atom. The van der Waals surface area contributed by atoms with E-state index >= 15 is 0 Å². The van der Waals surface area contributed by atoms with Crippen LogP contribution in [0.2, 0.25) is 5.02 Å². The van der Waals surface area contributed by atoms with Crippen LogP contribution in [0.25, 0.3) is 0 Å². The lowest BCUT2D eigenvalue weighted by molar-refractivity contribution is -0.121. The van der Waals surface area contributed by atoms with Crippen molar-refractivity contribution in [3.05, 3.63) is 34.9 Å². The summed E-state index contributed by atoms with van der Waals surface area (Å²) in [6.45, 7) is 1.10. The van der Waals surface area contributed by atoms with Gasteiger partial charge in [0.05, 0.1) is 0 Å². The number of carbonyl (C=O) groups is 2. The Morgan fingerprint density at radius 2 is 1.72 bits per heavy atom. The molecule has 0 spiro atoms. The van der Waals surface area contributed by atoms with Crippen molar-refractivity contribution in [2.24, 2.45) is 0 Å². The molecule has 25 heavy (non-hydrogen) atoms. The second kappa shape index (κ2) is 11.0. The molecule has 0 heterocycles. The van der Waals surface area contributed by atoms with Crippen molar-refractivity contribution < 1.29 is 9.59 Å². The highest BCUT2D eigenvalue weighted by Gasteiger charge is 2.16. The number of carbonyl (C=O) groups excluding carboxylic acids is 2. The molecule has 6 heteroatoms. The molecule has 0 saturated heterocycles. The molecule has 2 rings (SSSR count). The van der Waals surface area contributed by atoms with Crippen LogP contribution in [0.5, 0.6) is 0 Å². The van der Waals surface area contributed by atoms with Crippen LogP contribution in [0.1, 0.15) is 56.9 Å². The van der Waals surface area contributed by atoms with Crippen LogP contribution in [-0.4, -0.2) is 24.5 Å². The Morgan fingerprint density at radius 3 is 2.44 bits per heavy atom. The topological polar surface area (TPSA) is 70.2 Å². The summed E-state index contributed by atoms with van der Waals surface area (Å²) in [4.78, 5) is 23.5. The van der Waals surface area contributed by atoms with E-state index in [1.54, 1.807) is 12.1 Å². The third-order valence-corrected chi connectivity index (χ3v) is 4.70. The van der Waals surface area contributed by atoms with Crippen LogP contribution >= 0.6 is 11.6 Å². The summed E-state index contributed by atoms with van der Waals surface area (Å²) in [5.41, 5.74) is 1.01. The van der Waals surface area contributed by atoms with Crippen molar-refractivity contribution in [3.8, 4) is 0 Å². The lowest BCUT2D eigenvalue weighted by atomic mass is 10.1. The van der Waals surface area contributed by atoms with Crippen LogP contribution in [0.4, 0.5) is 4.79 Å². The Labute approximate surface area is 154 Å². The first kappa shape index (κ1) is 19.6. The van der Waals surface area contributed by atoms with Gasteiger partial charge in [0.1, 0.15) is 0 Å². The number of urea groups is 1. The van der Waals surface area contributed by atoms with Gasteiger partial charge < -0.3 is 16.0 Å². The molecule has 138 valence electrons. The van der Waals surface area contributed by atoms with Crippen LogP contribution in [0, 0.1) is 0 Å². The number of rotatable bonds is 9. The molecule has 1 aliphatic rings. The Kier molecular flexibility index (Phi) is 8.60. The van der Waals surface area contributed by atoms with E-state index in [0.29, 0.717) is 30.6 Å². The molecule has 1 aromatic carbocycles. The molecule has 1 aliphatic carbocycles. The molecule has 1 aromatic rings. The molecule has 0 aliphatic heterocycles.